The molecule has 0 atom stereocenters. The minimum Gasteiger partial charge on any atom is -0.482 e. The smallest absolute Gasteiger partial charge is 0.262 e. The first kappa shape index (κ1) is 19.9. The fourth-order valence-electron chi connectivity index (χ4n) is 2.36. The summed E-state index contributed by atoms with van der Waals surface area (Å²) in [4.78, 5) is 12.1. The van der Waals surface area contributed by atoms with Crippen LogP contribution in [0.25, 0.3) is 11.3 Å². The molecule has 1 N–H and O–H groups in total. The van der Waals surface area contributed by atoms with E-state index in [0.29, 0.717) is 39.7 Å². The van der Waals surface area contributed by atoms with Crippen LogP contribution in [0.15, 0.2) is 54.6 Å². The lowest BCUT2D eigenvalue weighted by Crippen LogP contribution is -2.20. The van der Waals surface area contributed by atoms with Gasteiger partial charge in [0.15, 0.2) is 6.61 Å². The van der Waals surface area contributed by atoms with Crippen molar-refractivity contribution in [2.24, 2.45) is 0 Å². The monoisotopic (exact) mass is 417 g/mol. The van der Waals surface area contributed by atoms with Crippen molar-refractivity contribution < 1.29 is 14.3 Å². The van der Waals surface area contributed by atoms with Crippen molar-refractivity contribution in [3.05, 3.63) is 64.6 Å². The SMILES string of the molecule is CCOc1ccc(-c2ccc(NC(=O)COc3ccc(Cl)cc3Cl)cc2)nn1. The molecule has 0 aliphatic carbocycles. The normalized spacial score (nSPS) is 10.4. The zero-order valence-corrected chi connectivity index (χ0v) is 16.5. The number of rotatable bonds is 7. The average Bonchev–Trinajstić information content (AvgIpc) is 2.69. The summed E-state index contributed by atoms with van der Waals surface area (Å²) in [6, 6.07) is 15.7. The highest BCUT2D eigenvalue weighted by atomic mass is 35.5. The van der Waals surface area contributed by atoms with Crippen LogP contribution in [0, 0.1) is 0 Å². The summed E-state index contributed by atoms with van der Waals surface area (Å²) in [5, 5.41) is 11.7. The molecule has 0 aliphatic rings. The van der Waals surface area contributed by atoms with Crippen molar-refractivity contribution in [3.8, 4) is 22.9 Å². The molecule has 1 amide bonds. The van der Waals surface area contributed by atoms with Crippen molar-refractivity contribution in [2.45, 2.75) is 6.92 Å². The molecule has 0 fully saturated rings. The summed E-state index contributed by atoms with van der Waals surface area (Å²) in [5.41, 5.74) is 2.22. The first-order chi connectivity index (χ1) is 13.5. The average molecular weight is 418 g/mol. The van der Waals surface area contributed by atoms with E-state index in [4.69, 9.17) is 32.7 Å². The Morgan fingerprint density at radius 1 is 1.00 bits per heavy atom. The highest BCUT2D eigenvalue weighted by Gasteiger charge is 2.08. The van der Waals surface area contributed by atoms with Crippen LogP contribution in [0.3, 0.4) is 0 Å². The van der Waals surface area contributed by atoms with Gasteiger partial charge >= 0.3 is 0 Å². The molecule has 144 valence electrons. The molecule has 6 nitrogen and oxygen atoms in total. The molecule has 0 bridgehead atoms. The Kier molecular flexibility index (Phi) is 6.68. The van der Waals surface area contributed by atoms with Crippen LogP contribution in [0.4, 0.5) is 5.69 Å². The number of hydrogen-bond donors (Lipinski definition) is 1. The van der Waals surface area contributed by atoms with Crippen molar-refractivity contribution in [3.63, 3.8) is 0 Å². The molecule has 0 saturated carbocycles. The maximum absolute atomic E-state index is 12.1. The van der Waals surface area contributed by atoms with Crippen LogP contribution in [0.1, 0.15) is 6.92 Å². The third kappa shape index (κ3) is 5.34. The second-order valence-electron chi connectivity index (χ2n) is 5.68. The van der Waals surface area contributed by atoms with Crippen LogP contribution < -0.4 is 14.8 Å². The van der Waals surface area contributed by atoms with E-state index < -0.39 is 0 Å². The summed E-state index contributed by atoms with van der Waals surface area (Å²) in [6.07, 6.45) is 0. The standard InChI is InChI=1S/C20H17Cl2N3O3/c1-2-27-20-10-8-17(24-25-20)13-3-6-15(7-4-13)23-19(26)12-28-18-9-5-14(21)11-16(18)22/h3-11H,2,12H2,1H3,(H,23,26). The zero-order valence-electron chi connectivity index (χ0n) is 15.0. The van der Waals surface area contributed by atoms with Gasteiger partial charge in [0.1, 0.15) is 5.75 Å². The molecule has 2 aromatic carbocycles. The number of aromatic nitrogens is 2. The number of hydrogen-bond acceptors (Lipinski definition) is 5. The van der Waals surface area contributed by atoms with Crippen molar-refractivity contribution >= 4 is 34.8 Å². The van der Waals surface area contributed by atoms with Gasteiger partial charge in [0.25, 0.3) is 5.91 Å². The molecule has 1 heterocycles. The topological polar surface area (TPSA) is 73.3 Å². The minimum atomic E-state index is -0.306. The summed E-state index contributed by atoms with van der Waals surface area (Å²) < 4.78 is 10.7. The van der Waals surface area contributed by atoms with E-state index in [1.54, 1.807) is 36.4 Å². The van der Waals surface area contributed by atoms with Crippen molar-refractivity contribution in [1.82, 2.24) is 10.2 Å². The molecule has 0 spiro atoms. The van der Waals surface area contributed by atoms with Gasteiger partial charge in [-0.3, -0.25) is 4.79 Å². The first-order valence-corrected chi connectivity index (χ1v) is 9.25. The number of anilines is 1. The quantitative estimate of drug-likeness (QED) is 0.593. The predicted molar refractivity (Wildman–Crippen MR) is 109 cm³/mol. The van der Waals surface area contributed by atoms with Gasteiger partial charge in [0, 0.05) is 22.3 Å². The van der Waals surface area contributed by atoms with E-state index in [9.17, 15) is 4.79 Å². The number of amides is 1. The Morgan fingerprint density at radius 2 is 1.79 bits per heavy atom. The highest BCUT2D eigenvalue weighted by molar-refractivity contribution is 6.35. The van der Waals surface area contributed by atoms with Gasteiger partial charge < -0.3 is 14.8 Å². The molecular weight excluding hydrogens is 401 g/mol. The molecule has 0 unspecified atom stereocenters. The summed E-state index contributed by atoms with van der Waals surface area (Å²) >= 11 is 11.8. The van der Waals surface area contributed by atoms with Gasteiger partial charge in [-0.1, -0.05) is 35.3 Å². The van der Waals surface area contributed by atoms with E-state index in [-0.39, 0.29) is 12.5 Å². The lowest BCUT2D eigenvalue weighted by atomic mass is 10.1. The van der Waals surface area contributed by atoms with Gasteiger partial charge in [-0.2, -0.15) is 0 Å². The summed E-state index contributed by atoms with van der Waals surface area (Å²) in [6.45, 7) is 2.25. The van der Waals surface area contributed by atoms with E-state index in [1.165, 1.54) is 0 Å². The number of carbonyl (C=O) groups is 1. The van der Waals surface area contributed by atoms with E-state index in [2.05, 4.69) is 15.5 Å². The highest BCUT2D eigenvalue weighted by Crippen LogP contribution is 2.27. The number of ether oxygens (including phenoxy) is 2. The van der Waals surface area contributed by atoms with Gasteiger partial charge in [-0.15, -0.1) is 10.2 Å². The molecule has 3 rings (SSSR count). The third-order valence-corrected chi connectivity index (χ3v) is 4.18. The fraction of sp³-hybridized carbons (Fsp3) is 0.150. The maximum Gasteiger partial charge on any atom is 0.262 e. The number of nitrogens with zero attached hydrogens (tertiary/aromatic N) is 2. The van der Waals surface area contributed by atoms with Gasteiger partial charge in [0.2, 0.25) is 5.88 Å². The summed E-state index contributed by atoms with van der Waals surface area (Å²) in [7, 11) is 0. The molecule has 0 saturated heterocycles. The number of benzene rings is 2. The van der Waals surface area contributed by atoms with Crippen LogP contribution in [-0.4, -0.2) is 29.3 Å². The van der Waals surface area contributed by atoms with Crippen molar-refractivity contribution in [1.29, 1.82) is 0 Å². The van der Waals surface area contributed by atoms with Gasteiger partial charge in [-0.05, 0) is 43.3 Å². The lowest BCUT2D eigenvalue weighted by molar-refractivity contribution is -0.118. The largest absolute Gasteiger partial charge is 0.482 e. The third-order valence-electron chi connectivity index (χ3n) is 3.65. The fourth-order valence-corrected chi connectivity index (χ4v) is 2.82. The summed E-state index contributed by atoms with van der Waals surface area (Å²) in [5.74, 6) is 0.571. The second-order valence-corrected chi connectivity index (χ2v) is 6.52. The zero-order chi connectivity index (χ0) is 19.9. The molecular formula is C20H17Cl2N3O3. The molecule has 8 heteroatoms. The molecule has 28 heavy (non-hydrogen) atoms. The molecule has 0 radical (unpaired) electrons. The molecule has 1 aromatic heterocycles. The van der Waals surface area contributed by atoms with E-state index in [0.717, 1.165) is 5.56 Å². The van der Waals surface area contributed by atoms with Gasteiger partial charge in [0.05, 0.1) is 17.3 Å². The number of halogens is 2. The van der Waals surface area contributed by atoms with Crippen LogP contribution in [0.5, 0.6) is 11.6 Å². The second kappa shape index (κ2) is 9.39. The Morgan fingerprint density at radius 3 is 2.43 bits per heavy atom. The Hall–Kier alpha value is -2.83. The Labute approximate surface area is 172 Å². The minimum absolute atomic E-state index is 0.173. The molecule has 0 aliphatic heterocycles. The predicted octanol–water partition coefficient (Wildman–Crippen LogP) is 4.87. The Balaban J connectivity index is 1.56. The number of nitrogens with one attached hydrogen (secondary N) is 1. The van der Waals surface area contributed by atoms with Gasteiger partial charge in [-0.25, -0.2) is 0 Å². The maximum atomic E-state index is 12.1. The molecule has 3 aromatic rings. The first-order valence-electron chi connectivity index (χ1n) is 8.50. The van der Waals surface area contributed by atoms with E-state index in [1.807, 2.05) is 25.1 Å². The Bertz CT molecular complexity index is 948. The van der Waals surface area contributed by atoms with Crippen LogP contribution in [0.2, 0.25) is 10.0 Å². The van der Waals surface area contributed by atoms with Crippen LogP contribution in [-0.2, 0) is 4.79 Å². The number of carbonyl (C=O) groups excluding carboxylic acids is 1. The van der Waals surface area contributed by atoms with Crippen LogP contribution >= 0.6 is 23.2 Å². The van der Waals surface area contributed by atoms with Crippen molar-refractivity contribution in [2.75, 3.05) is 18.5 Å². The van der Waals surface area contributed by atoms with E-state index >= 15 is 0 Å². The lowest BCUT2D eigenvalue weighted by Gasteiger charge is -2.09.